The van der Waals surface area contributed by atoms with Gasteiger partial charge in [0.2, 0.25) is 17.7 Å². The number of fused-ring (bicyclic) bond motifs is 1. The number of carbonyl (C=O) groups excluding carboxylic acids is 3. The molecule has 4 fully saturated rings. The zero-order valence-corrected chi connectivity index (χ0v) is 32.9. The standard InChI is InChI=1S/C42H48N8O5S/c1-24-35(56-23-44-24)26-11-9-25(10-12-26)18-43-38(54)31-17-28(51)19-50(31)39(55)36(40(2,3)4)47-34(53)13-14-45-42-20-41(21-42,22-42)33-16-27-15-30(48-49-37(27)46-33)29-7-5-6-8-32(29)52/h5-12,15-16,23,28,31,36,45,51-52H,13-14,17-22H2,1-4H3,(H,43,54)(H,46,49)(H,47,53)/t28-,31+,36?,41?,42?/m1/s1. The number of aliphatic hydroxyl groups excluding tert-OH is 1. The molecule has 4 aliphatic rings. The molecule has 2 bridgehead atoms. The first kappa shape index (κ1) is 37.7. The van der Waals surface area contributed by atoms with Gasteiger partial charge in [0.15, 0.2) is 5.65 Å². The summed E-state index contributed by atoms with van der Waals surface area (Å²) in [4.78, 5) is 51.1. The van der Waals surface area contributed by atoms with Crippen LogP contribution in [0.5, 0.6) is 5.75 Å². The average molecular weight is 777 g/mol. The van der Waals surface area contributed by atoms with E-state index in [9.17, 15) is 24.6 Å². The molecule has 0 radical (unpaired) electrons. The number of rotatable bonds is 12. The minimum Gasteiger partial charge on any atom is -0.507 e. The van der Waals surface area contributed by atoms with Crippen LogP contribution in [0.4, 0.5) is 0 Å². The lowest BCUT2D eigenvalue weighted by Gasteiger charge is -2.70. The van der Waals surface area contributed by atoms with E-state index < -0.39 is 23.6 Å². The number of aryl methyl sites for hydroxylation is 1. The van der Waals surface area contributed by atoms with E-state index in [2.05, 4.69) is 42.2 Å². The number of hydrogen-bond acceptors (Lipinski definition) is 10. The number of hydrogen-bond donors (Lipinski definition) is 6. The monoisotopic (exact) mass is 776 g/mol. The molecule has 3 aromatic heterocycles. The van der Waals surface area contributed by atoms with Crippen molar-refractivity contribution in [1.82, 2.24) is 41.0 Å². The molecule has 13 nitrogen and oxygen atoms in total. The Morgan fingerprint density at radius 3 is 2.50 bits per heavy atom. The van der Waals surface area contributed by atoms with Gasteiger partial charge in [-0.15, -0.1) is 21.5 Å². The molecule has 3 amide bonds. The van der Waals surface area contributed by atoms with Gasteiger partial charge in [0.05, 0.1) is 27.9 Å². The average Bonchev–Trinajstić information content (AvgIpc) is 3.87. The van der Waals surface area contributed by atoms with Crippen LogP contribution in [0.1, 0.15) is 69.8 Å². The van der Waals surface area contributed by atoms with Crippen molar-refractivity contribution in [3.63, 3.8) is 0 Å². The van der Waals surface area contributed by atoms with E-state index >= 15 is 0 Å². The fourth-order valence-corrected chi connectivity index (χ4v) is 9.57. The molecule has 6 N–H and O–H groups in total. The number of thiazole rings is 1. The molecule has 1 aliphatic heterocycles. The van der Waals surface area contributed by atoms with E-state index in [4.69, 9.17) is 0 Å². The summed E-state index contributed by atoms with van der Waals surface area (Å²) < 4.78 is 0. The molecule has 3 aliphatic carbocycles. The maximum Gasteiger partial charge on any atom is 0.246 e. The minimum atomic E-state index is -0.881. The number of aromatic nitrogens is 4. The number of para-hydroxylation sites is 1. The Morgan fingerprint density at radius 2 is 1.80 bits per heavy atom. The number of phenolic OH excluding ortho intramolecular Hbond substituents is 1. The molecule has 5 aromatic rings. The van der Waals surface area contributed by atoms with E-state index in [1.807, 2.05) is 75.7 Å². The first-order valence-corrected chi connectivity index (χ1v) is 20.1. The number of carbonyl (C=O) groups is 3. The third-order valence-electron chi connectivity index (χ3n) is 11.7. The summed E-state index contributed by atoms with van der Waals surface area (Å²) in [6.45, 7) is 8.40. The quantitative estimate of drug-likeness (QED) is 0.104. The first-order chi connectivity index (χ1) is 26.7. The summed E-state index contributed by atoms with van der Waals surface area (Å²) in [6.07, 6.45) is 2.30. The lowest BCUT2D eigenvalue weighted by atomic mass is 9.38. The number of aromatic hydroxyl groups is 1. The minimum absolute atomic E-state index is 0.0226. The summed E-state index contributed by atoms with van der Waals surface area (Å²) in [7, 11) is 0. The van der Waals surface area contributed by atoms with Crippen LogP contribution in [-0.2, 0) is 26.3 Å². The Labute approximate surface area is 329 Å². The second-order valence-electron chi connectivity index (χ2n) is 16.9. The van der Waals surface area contributed by atoms with Gasteiger partial charge < -0.3 is 36.0 Å². The van der Waals surface area contributed by atoms with Gasteiger partial charge in [-0.1, -0.05) is 57.2 Å². The first-order valence-electron chi connectivity index (χ1n) is 19.2. The van der Waals surface area contributed by atoms with Crippen LogP contribution in [0.2, 0.25) is 0 Å². The normalized spacial score (nSPS) is 23.3. The SMILES string of the molecule is Cc1ncsc1-c1ccc(CNC(=O)[C@@H]2C[C@@H](O)CN2C(=O)C(NC(=O)CCNC23CC(c4cc5cc(-c6ccccc6O)nnc5[nH]4)(C2)C3)C(C)(C)C)cc1. The Kier molecular flexibility index (Phi) is 9.70. The fraction of sp³-hybridized carbons (Fsp3) is 0.429. The number of β-amino-alcohol motifs (C(OH)–C–C–N with tert-alkyl or cyclic N) is 1. The van der Waals surface area contributed by atoms with Crippen molar-refractivity contribution in [1.29, 1.82) is 0 Å². The highest BCUT2D eigenvalue weighted by Crippen LogP contribution is 2.67. The predicted octanol–water partition coefficient (Wildman–Crippen LogP) is 4.73. The molecule has 56 heavy (non-hydrogen) atoms. The third kappa shape index (κ3) is 7.17. The summed E-state index contributed by atoms with van der Waals surface area (Å²) in [5, 5.41) is 40.0. The molecular formula is C42H48N8O5S. The van der Waals surface area contributed by atoms with Gasteiger partial charge in [-0.3, -0.25) is 14.4 Å². The largest absolute Gasteiger partial charge is 0.507 e. The maximum atomic E-state index is 14.1. The molecule has 1 unspecified atom stereocenters. The molecule has 0 spiro atoms. The second-order valence-corrected chi connectivity index (χ2v) is 17.8. The van der Waals surface area contributed by atoms with Crippen LogP contribution in [0.3, 0.4) is 0 Å². The molecule has 9 rings (SSSR count). The molecule has 14 heteroatoms. The maximum absolute atomic E-state index is 14.1. The number of phenols is 1. The molecule has 3 saturated carbocycles. The van der Waals surface area contributed by atoms with E-state index in [1.54, 1.807) is 23.5 Å². The summed E-state index contributed by atoms with van der Waals surface area (Å²) in [6, 6.07) is 17.4. The van der Waals surface area contributed by atoms with Gasteiger partial charge in [-0.2, -0.15) is 0 Å². The Morgan fingerprint density at radius 1 is 1.05 bits per heavy atom. The van der Waals surface area contributed by atoms with Gasteiger partial charge in [0, 0.05) is 60.1 Å². The van der Waals surface area contributed by atoms with Crippen molar-refractivity contribution in [3.05, 3.63) is 83.1 Å². The number of aromatic amines is 1. The van der Waals surface area contributed by atoms with Crippen LogP contribution < -0.4 is 16.0 Å². The number of aliphatic hydroxyl groups is 1. The number of nitrogens with one attached hydrogen (secondary N) is 4. The van der Waals surface area contributed by atoms with E-state index in [0.717, 1.165) is 52.0 Å². The van der Waals surface area contributed by atoms with Crippen LogP contribution in [0.25, 0.3) is 32.7 Å². The Balaban J connectivity index is 0.830. The Hall–Kier alpha value is -5.18. The van der Waals surface area contributed by atoms with Crippen molar-refractivity contribution in [3.8, 4) is 27.4 Å². The topological polar surface area (TPSA) is 185 Å². The molecule has 292 valence electrons. The van der Waals surface area contributed by atoms with E-state index in [1.165, 1.54) is 4.90 Å². The fourth-order valence-electron chi connectivity index (χ4n) is 8.76. The molecule has 2 aromatic carbocycles. The van der Waals surface area contributed by atoms with Crippen LogP contribution in [0, 0.1) is 12.3 Å². The highest BCUT2D eigenvalue weighted by molar-refractivity contribution is 7.13. The Bertz CT molecular complexity index is 2280. The van der Waals surface area contributed by atoms with Crippen LogP contribution >= 0.6 is 11.3 Å². The number of likely N-dealkylation sites (tertiary alicyclic amines) is 1. The highest BCUT2D eigenvalue weighted by atomic mass is 32.1. The van der Waals surface area contributed by atoms with Crippen molar-refractivity contribution in [2.45, 2.75) is 95.5 Å². The molecule has 1 saturated heterocycles. The second kappa shape index (κ2) is 14.4. The number of amides is 3. The summed E-state index contributed by atoms with van der Waals surface area (Å²) in [5.74, 6) is -0.805. The number of benzene rings is 2. The van der Waals surface area contributed by atoms with Crippen molar-refractivity contribution < 1.29 is 24.6 Å². The van der Waals surface area contributed by atoms with E-state index in [0.29, 0.717) is 23.4 Å². The van der Waals surface area contributed by atoms with Gasteiger partial charge in [0.25, 0.3) is 0 Å². The molecular weight excluding hydrogens is 729 g/mol. The highest BCUT2D eigenvalue weighted by Gasteiger charge is 2.68. The predicted molar refractivity (Wildman–Crippen MR) is 214 cm³/mol. The third-order valence-corrected chi connectivity index (χ3v) is 12.7. The summed E-state index contributed by atoms with van der Waals surface area (Å²) in [5.41, 5.74) is 7.23. The molecule has 4 heterocycles. The zero-order chi connectivity index (χ0) is 39.4. The van der Waals surface area contributed by atoms with Gasteiger partial charge in [-0.25, -0.2) is 4.98 Å². The zero-order valence-electron chi connectivity index (χ0n) is 32.1. The summed E-state index contributed by atoms with van der Waals surface area (Å²) >= 11 is 1.58. The number of H-pyrrole nitrogens is 1. The van der Waals surface area contributed by atoms with Gasteiger partial charge in [0.1, 0.15) is 17.8 Å². The van der Waals surface area contributed by atoms with Crippen LogP contribution in [0.15, 0.2) is 66.2 Å². The van der Waals surface area contributed by atoms with Crippen molar-refractivity contribution in [2.75, 3.05) is 13.1 Å². The van der Waals surface area contributed by atoms with E-state index in [-0.39, 0.29) is 60.4 Å². The van der Waals surface area contributed by atoms with Crippen molar-refractivity contribution >= 4 is 40.1 Å². The lowest BCUT2D eigenvalue weighted by Crippen LogP contribution is -2.76. The lowest BCUT2D eigenvalue weighted by molar-refractivity contribution is -0.144. The van der Waals surface area contributed by atoms with Gasteiger partial charge in [-0.05, 0) is 67.0 Å². The smallest absolute Gasteiger partial charge is 0.246 e. The van der Waals surface area contributed by atoms with Crippen LogP contribution in [-0.4, -0.2) is 89.8 Å². The molecule has 3 atom stereocenters. The van der Waals surface area contributed by atoms with Crippen molar-refractivity contribution in [2.24, 2.45) is 5.41 Å². The number of nitrogens with zero attached hydrogens (tertiary/aromatic N) is 4. The van der Waals surface area contributed by atoms with Gasteiger partial charge >= 0.3 is 0 Å².